The Morgan fingerprint density at radius 2 is 0.714 bits per heavy atom. The second-order valence-corrected chi connectivity index (χ2v) is 19.4. The van der Waals surface area contributed by atoms with Gasteiger partial charge in [0.15, 0.2) is 0 Å². The molecule has 0 unspecified atom stereocenters. The summed E-state index contributed by atoms with van der Waals surface area (Å²) in [6, 6.07) is 104. The summed E-state index contributed by atoms with van der Waals surface area (Å²) < 4.78 is 19.4. The summed E-state index contributed by atoms with van der Waals surface area (Å²) >= 11 is 0. The number of fused-ring (bicyclic) bond motifs is 6. The van der Waals surface area contributed by atoms with E-state index in [-0.39, 0.29) is 5.82 Å². The highest BCUT2D eigenvalue weighted by Gasteiger charge is 2.25. The molecule has 14 aromatic rings. The number of benzene rings is 12. The minimum Gasteiger partial charge on any atom is -0.311 e. The number of anilines is 6. The molecule has 0 spiro atoms. The first kappa shape index (κ1) is 45.4. The van der Waals surface area contributed by atoms with Gasteiger partial charge in [0.25, 0.3) is 0 Å². The normalized spacial score (nSPS) is 11.4. The molecular formula is C72H49FN4. The highest BCUT2D eigenvalue weighted by molar-refractivity contribution is 6.20. The Bertz CT molecular complexity index is 4360. The van der Waals surface area contributed by atoms with Crippen molar-refractivity contribution < 1.29 is 4.39 Å². The van der Waals surface area contributed by atoms with Crippen LogP contribution in [0.25, 0.3) is 88.4 Å². The first-order valence-corrected chi connectivity index (χ1v) is 26.1. The van der Waals surface area contributed by atoms with E-state index in [9.17, 15) is 4.39 Å². The molecule has 0 saturated carbocycles. The smallest absolute Gasteiger partial charge is 0.123 e. The SMILES string of the molecule is Fc1ccc(-n2c(-c3ccccc3)c(-c3ccccc3)c3cc(-c4ccc(N(c5ccc(N(c6ccccc6)c6ccccc6)cc5)c5ccc6c(c5)c5ccccc5n6-c5ccccc5)cc4)c4ccccc4c32)cc1. The molecule has 5 heteroatoms. The van der Waals surface area contributed by atoms with Crippen LogP contribution in [-0.2, 0) is 0 Å². The number of halogens is 1. The van der Waals surface area contributed by atoms with Gasteiger partial charge in [0, 0.05) is 72.6 Å². The maximum Gasteiger partial charge on any atom is 0.123 e. The molecule has 0 atom stereocenters. The monoisotopic (exact) mass is 988 g/mol. The number of nitrogens with zero attached hydrogens (tertiary/aromatic N) is 4. The van der Waals surface area contributed by atoms with Gasteiger partial charge in [0.1, 0.15) is 5.82 Å². The zero-order chi connectivity index (χ0) is 51.2. The molecule has 0 N–H and O–H groups in total. The molecule has 0 bridgehead atoms. The molecule has 77 heavy (non-hydrogen) atoms. The fourth-order valence-corrected chi connectivity index (χ4v) is 11.5. The molecule has 0 aliphatic carbocycles. The van der Waals surface area contributed by atoms with Crippen LogP contribution < -0.4 is 9.80 Å². The predicted molar refractivity (Wildman–Crippen MR) is 321 cm³/mol. The van der Waals surface area contributed by atoms with E-state index in [1.807, 2.05) is 12.1 Å². The van der Waals surface area contributed by atoms with Gasteiger partial charge in [-0.25, -0.2) is 4.39 Å². The summed E-state index contributed by atoms with van der Waals surface area (Å²) in [5.74, 6) is -0.269. The van der Waals surface area contributed by atoms with E-state index in [1.165, 1.54) is 10.8 Å². The molecule has 0 saturated heterocycles. The average Bonchev–Trinajstić information content (AvgIpc) is 4.22. The van der Waals surface area contributed by atoms with Gasteiger partial charge >= 0.3 is 0 Å². The molecule has 0 fully saturated rings. The Kier molecular flexibility index (Phi) is 11.3. The van der Waals surface area contributed by atoms with Crippen molar-refractivity contribution in [3.63, 3.8) is 0 Å². The third-order valence-corrected chi connectivity index (χ3v) is 14.9. The molecule has 4 nitrogen and oxygen atoms in total. The first-order valence-electron chi connectivity index (χ1n) is 26.1. The van der Waals surface area contributed by atoms with Gasteiger partial charge in [-0.2, -0.15) is 0 Å². The minimum absolute atomic E-state index is 0.269. The Morgan fingerprint density at radius 1 is 0.273 bits per heavy atom. The number of aromatic nitrogens is 2. The van der Waals surface area contributed by atoms with E-state index in [1.54, 1.807) is 12.1 Å². The van der Waals surface area contributed by atoms with Crippen LogP contribution in [0.4, 0.5) is 38.5 Å². The Balaban J connectivity index is 0.959. The molecule has 2 aromatic heterocycles. The second-order valence-electron chi connectivity index (χ2n) is 19.4. The zero-order valence-electron chi connectivity index (χ0n) is 42.0. The van der Waals surface area contributed by atoms with Crippen LogP contribution in [0, 0.1) is 5.82 Å². The Labute approximate surface area is 446 Å². The number of rotatable bonds is 11. The average molecular weight is 989 g/mol. The number of para-hydroxylation sites is 4. The Morgan fingerprint density at radius 3 is 1.32 bits per heavy atom. The van der Waals surface area contributed by atoms with Crippen LogP contribution in [0.5, 0.6) is 0 Å². The summed E-state index contributed by atoms with van der Waals surface area (Å²) in [5, 5.41) is 5.72. The largest absolute Gasteiger partial charge is 0.311 e. The highest BCUT2D eigenvalue weighted by Crippen LogP contribution is 2.49. The summed E-state index contributed by atoms with van der Waals surface area (Å²) in [6.07, 6.45) is 0. The first-order chi connectivity index (χ1) is 38.1. The highest BCUT2D eigenvalue weighted by atomic mass is 19.1. The van der Waals surface area contributed by atoms with Crippen molar-refractivity contribution in [2.45, 2.75) is 0 Å². The molecule has 0 aliphatic heterocycles. The third kappa shape index (κ3) is 8.01. The lowest BCUT2D eigenvalue weighted by Gasteiger charge is -2.28. The van der Waals surface area contributed by atoms with Crippen molar-refractivity contribution in [1.82, 2.24) is 9.13 Å². The Hall–Kier alpha value is -10.2. The van der Waals surface area contributed by atoms with Crippen LogP contribution in [0.2, 0.25) is 0 Å². The van der Waals surface area contributed by atoms with Gasteiger partial charge in [-0.3, -0.25) is 0 Å². The lowest BCUT2D eigenvalue weighted by atomic mass is 9.92. The topological polar surface area (TPSA) is 16.3 Å². The van der Waals surface area contributed by atoms with Gasteiger partial charge in [-0.15, -0.1) is 0 Å². The van der Waals surface area contributed by atoms with Gasteiger partial charge < -0.3 is 18.9 Å². The van der Waals surface area contributed by atoms with E-state index >= 15 is 0 Å². The molecule has 0 amide bonds. The molecule has 0 radical (unpaired) electrons. The van der Waals surface area contributed by atoms with Crippen molar-refractivity contribution in [2.75, 3.05) is 9.80 Å². The maximum atomic E-state index is 14.7. The van der Waals surface area contributed by atoms with Crippen LogP contribution in [-0.4, -0.2) is 9.13 Å². The van der Waals surface area contributed by atoms with E-state index in [0.717, 1.165) is 112 Å². The lowest BCUT2D eigenvalue weighted by Crippen LogP contribution is -2.12. The van der Waals surface area contributed by atoms with E-state index in [2.05, 4.69) is 292 Å². The third-order valence-electron chi connectivity index (χ3n) is 14.9. The zero-order valence-corrected chi connectivity index (χ0v) is 42.0. The molecule has 2 heterocycles. The van der Waals surface area contributed by atoms with Gasteiger partial charge in [0.05, 0.1) is 22.2 Å². The fraction of sp³-hybridized carbons (Fsp3) is 0. The van der Waals surface area contributed by atoms with E-state index < -0.39 is 0 Å². The minimum atomic E-state index is -0.269. The van der Waals surface area contributed by atoms with Crippen LogP contribution in [0.3, 0.4) is 0 Å². The summed E-state index contributed by atoms with van der Waals surface area (Å²) in [7, 11) is 0. The van der Waals surface area contributed by atoms with Gasteiger partial charge in [0.2, 0.25) is 0 Å². The van der Waals surface area contributed by atoms with E-state index in [0.29, 0.717) is 0 Å². The van der Waals surface area contributed by atoms with Crippen molar-refractivity contribution in [2.24, 2.45) is 0 Å². The van der Waals surface area contributed by atoms with Crippen LogP contribution >= 0.6 is 0 Å². The summed E-state index contributed by atoms with van der Waals surface area (Å²) in [6.45, 7) is 0. The number of hydrogen-bond acceptors (Lipinski definition) is 2. The quantitative estimate of drug-likeness (QED) is 0.128. The lowest BCUT2D eigenvalue weighted by molar-refractivity contribution is 0.627. The second kappa shape index (κ2) is 19.2. The maximum absolute atomic E-state index is 14.7. The molecule has 12 aromatic carbocycles. The van der Waals surface area contributed by atoms with Crippen molar-refractivity contribution in [1.29, 1.82) is 0 Å². The predicted octanol–water partition coefficient (Wildman–Crippen LogP) is 20.0. The molecule has 364 valence electrons. The van der Waals surface area contributed by atoms with Crippen molar-refractivity contribution in [3.05, 3.63) is 303 Å². The molecule has 14 rings (SSSR count). The van der Waals surface area contributed by atoms with Gasteiger partial charge in [-0.05, 0) is 155 Å². The number of hydrogen-bond donors (Lipinski definition) is 0. The molecule has 0 aliphatic rings. The van der Waals surface area contributed by atoms with Gasteiger partial charge in [-0.1, -0.05) is 170 Å². The summed E-state index contributed by atoms with van der Waals surface area (Å²) in [5.41, 5.74) is 18.3. The van der Waals surface area contributed by atoms with E-state index in [4.69, 9.17) is 0 Å². The van der Waals surface area contributed by atoms with Crippen molar-refractivity contribution >= 4 is 77.6 Å². The van der Waals surface area contributed by atoms with Crippen LogP contribution in [0.15, 0.2) is 297 Å². The van der Waals surface area contributed by atoms with Crippen molar-refractivity contribution in [3.8, 4) is 44.9 Å². The summed E-state index contributed by atoms with van der Waals surface area (Å²) in [4.78, 5) is 4.68. The molecular weight excluding hydrogens is 940 g/mol. The van der Waals surface area contributed by atoms with Crippen LogP contribution in [0.1, 0.15) is 0 Å². The fourth-order valence-electron chi connectivity index (χ4n) is 11.5. The standard InChI is InChI=1S/C72H49FN4/c73-53-36-40-60(41-37-53)77-71(52-22-8-2-9-23-52)70(51-20-6-1-7-21-51)67-49-65(62-30-16-17-32-64(62)72(67)77)50-34-38-57(39-35-50)75(59-44-42-58(43-45-59)74(54-24-10-3-11-25-54)55-26-12-4-13-27-55)61-46-47-69-66(48-61)63-31-18-19-33-68(63)76(69)56-28-14-5-15-29-56/h1-49H.